The number of likely N-dealkylation sites (N-methyl/N-ethyl adjacent to an activating group) is 1. The third-order valence-electron chi connectivity index (χ3n) is 4.75. The molecular weight excluding hydrogens is 329 g/mol. The molecule has 0 aliphatic carbocycles. The van der Waals surface area contributed by atoms with Crippen molar-refractivity contribution >= 4 is 22.6 Å². The first kappa shape index (κ1) is 17.4. The number of quaternary nitrogens is 1. The van der Waals surface area contributed by atoms with Crippen LogP contribution in [0.1, 0.15) is 17.3 Å². The first-order valence-electron chi connectivity index (χ1n) is 8.14. The number of hydrogen-bond donors (Lipinski definition) is 1. The van der Waals surface area contributed by atoms with E-state index in [4.69, 9.17) is 0 Å². The van der Waals surface area contributed by atoms with E-state index in [1.807, 2.05) is 6.92 Å². The first-order chi connectivity index (χ1) is 11.7. The Bertz CT molecular complexity index is 897. The van der Waals surface area contributed by atoms with Crippen molar-refractivity contribution in [2.45, 2.75) is 13.5 Å². The van der Waals surface area contributed by atoms with Crippen LogP contribution in [0, 0.1) is 11.0 Å². The van der Waals surface area contributed by atoms with Gasteiger partial charge in [0.1, 0.15) is 11.4 Å². The third-order valence-corrected chi connectivity index (χ3v) is 4.75. The Morgan fingerprint density at radius 3 is 2.56 bits per heavy atom. The number of aromatic carboxylic acids is 1. The molecule has 0 amide bonds. The lowest BCUT2D eigenvalue weighted by Gasteiger charge is -2.45. The minimum absolute atomic E-state index is 0.0458. The number of piperazine rings is 1. The van der Waals surface area contributed by atoms with Crippen LogP contribution < -0.4 is 10.3 Å². The summed E-state index contributed by atoms with van der Waals surface area (Å²) in [5.74, 6) is -1.92. The van der Waals surface area contributed by atoms with Gasteiger partial charge in [0.05, 0.1) is 44.4 Å². The summed E-state index contributed by atoms with van der Waals surface area (Å²) < 4.78 is 15.9. The van der Waals surface area contributed by atoms with Crippen LogP contribution >= 0.6 is 0 Å². The summed E-state index contributed by atoms with van der Waals surface area (Å²) in [5, 5.41) is 21.2. The van der Waals surface area contributed by atoms with Crippen LogP contribution in [0.15, 0.2) is 23.1 Å². The Kier molecular flexibility index (Phi) is 4.26. The number of rotatable bonds is 3. The molecule has 0 bridgehead atoms. The monoisotopic (exact) mass is 349 g/mol. The Morgan fingerprint density at radius 2 is 2.00 bits per heavy atom. The highest BCUT2D eigenvalue weighted by Gasteiger charge is 2.25. The molecule has 1 aliphatic heterocycles. The summed E-state index contributed by atoms with van der Waals surface area (Å²) in [6.07, 6.45) is 1.29. The molecule has 1 saturated heterocycles. The lowest BCUT2D eigenvalue weighted by Crippen LogP contribution is -2.54. The van der Waals surface area contributed by atoms with Crippen LogP contribution in [0.25, 0.3) is 10.9 Å². The number of hydroxylamine groups is 3. The van der Waals surface area contributed by atoms with Crippen molar-refractivity contribution in [1.29, 1.82) is 0 Å². The van der Waals surface area contributed by atoms with Crippen LogP contribution in [0.4, 0.5) is 10.1 Å². The quantitative estimate of drug-likeness (QED) is 0.672. The average molecular weight is 349 g/mol. The second kappa shape index (κ2) is 6.12. The van der Waals surface area contributed by atoms with Crippen molar-refractivity contribution in [3.05, 3.63) is 45.1 Å². The molecule has 3 rings (SSSR count). The van der Waals surface area contributed by atoms with Crippen LogP contribution in [0.3, 0.4) is 0 Å². The van der Waals surface area contributed by atoms with Gasteiger partial charge in [-0.15, -0.1) is 0 Å². The zero-order valence-electron chi connectivity index (χ0n) is 14.2. The predicted octanol–water partition coefficient (Wildman–Crippen LogP) is 1.62. The normalized spacial score (nSPS) is 17.0. The fourth-order valence-corrected chi connectivity index (χ4v) is 3.18. The second-order valence-corrected chi connectivity index (χ2v) is 6.51. The van der Waals surface area contributed by atoms with Gasteiger partial charge in [0, 0.05) is 18.1 Å². The molecule has 134 valence electrons. The van der Waals surface area contributed by atoms with E-state index >= 15 is 0 Å². The number of nitrogens with zero attached hydrogens (tertiary/aromatic N) is 3. The van der Waals surface area contributed by atoms with Crippen molar-refractivity contribution in [3.63, 3.8) is 0 Å². The number of pyridine rings is 1. The van der Waals surface area contributed by atoms with E-state index in [0.29, 0.717) is 43.9 Å². The minimum Gasteiger partial charge on any atom is -0.633 e. The van der Waals surface area contributed by atoms with Gasteiger partial charge in [-0.3, -0.25) is 4.79 Å². The molecule has 1 aromatic heterocycles. The number of aryl methyl sites for hydroxylation is 1. The topological polar surface area (TPSA) is 85.6 Å². The van der Waals surface area contributed by atoms with E-state index in [1.165, 1.54) is 6.20 Å². The molecule has 25 heavy (non-hydrogen) atoms. The fourth-order valence-electron chi connectivity index (χ4n) is 3.18. The van der Waals surface area contributed by atoms with Crippen molar-refractivity contribution in [2.75, 3.05) is 38.1 Å². The summed E-state index contributed by atoms with van der Waals surface area (Å²) in [4.78, 5) is 25.4. The SMILES string of the molecule is CCn1cc(C(=O)O)c(=O)c2cc(F)c(N3CC[N+](C)([O-])CC3)cc21. The second-order valence-electron chi connectivity index (χ2n) is 6.51. The summed E-state index contributed by atoms with van der Waals surface area (Å²) >= 11 is 0. The third kappa shape index (κ3) is 3.10. The molecule has 0 unspecified atom stereocenters. The number of benzene rings is 1. The average Bonchev–Trinajstić information content (AvgIpc) is 2.55. The van der Waals surface area contributed by atoms with E-state index in [1.54, 1.807) is 22.6 Å². The highest BCUT2D eigenvalue weighted by atomic mass is 19.1. The molecule has 0 atom stereocenters. The maximum absolute atomic E-state index is 14.6. The summed E-state index contributed by atoms with van der Waals surface area (Å²) in [6, 6.07) is 2.67. The maximum atomic E-state index is 14.6. The zero-order valence-corrected chi connectivity index (χ0v) is 14.2. The Balaban J connectivity index is 2.15. The smallest absolute Gasteiger partial charge is 0.341 e. The van der Waals surface area contributed by atoms with Gasteiger partial charge in [0.25, 0.3) is 0 Å². The van der Waals surface area contributed by atoms with Crippen LogP contribution in [0.5, 0.6) is 0 Å². The number of anilines is 1. The molecule has 2 heterocycles. The molecule has 1 aliphatic rings. The van der Waals surface area contributed by atoms with Gasteiger partial charge >= 0.3 is 5.97 Å². The van der Waals surface area contributed by atoms with E-state index in [-0.39, 0.29) is 15.6 Å². The number of halogens is 1. The molecule has 7 nitrogen and oxygen atoms in total. The number of carboxylic acid groups (broad SMARTS) is 1. The molecule has 0 radical (unpaired) electrons. The molecule has 8 heteroatoms. The predicted molar refractivity (Wildman–Crippen MR) is 92.3 cm³/mol. The number of fused-ring (bicyclic) bond motifs is 1. The molecule has 1 aromatic carbocycles. The van der Waals surface area contributed by atoms with E-state index in [9.17, 15) is 24.3 Å². The molecule has 0 spiro atoms. The summed E-state index contributed by atoms with van der Waals surface area (Å²) in [7, 11) is 1.59. The molecule has 2 aromatic rings. The van der Waals surface area contributed by atoms with Crippen molar-refractivity contribution in [2.24, 2.45) is 0 Å². The number of carbonyl (C=O) groups is 1. The van der Waals surface area contributed by atoms with Gasteiger partial charge in [0.15, 0.2) is 0 Å². The molecular formula is C17H20FN3O4. The van der Waals surface area contributed by atoms with Gasteiger partial charge < -0.3 is 24.4 Å². The molecule has 1 fully saturated rings. The van der Waals surface area contributed by atoms with E-state index in [0.717, 1.165) is 6.07 Å². The molecule has 1 N–H and O–H groups in total. The van der Waals surface area contributed by atoms with Gasteiger partial charge in [-0.25, -0.2) is 9.18 Å². The number of carboxylic acids is 1. The van der Waals surface area contributed by atoms with E-state index in [2.05, 4.69) is 0 Å². The minimum atomic E-state index is -1.33. The zero-order chi connectivity index (χ0) is 18.4. The van der Waals surface area contributed by atoms with Crippen molar-refractivity contribution < 1.29 is 18.9 Å². The molecule has 0 saturated carbocycles. The first-order valence-corrected chi connectivity index (χ1v) is 8.14. The summed E-state index contributed by atoms with van der Waals surface area (Å²) in [6.45, 7) is 3.82. The highest BCUT2D eigenvalue weighted by Crippen LogP contribution is 2.27. The van der Waals surface area contributed by atoms with Gasteiger partial charge in [0.2, 0.25) is 5.43 Å². The maximum Gasteiger partial charge on any atom is 0.341 e. The lowest BCUT2D eigenvalue weighted by molar-refractivity contribution is -0.861. The van der Waals surface area contributed by atoms with Crippen molar-refractivity contribution in [1.82, 2.24) is 4.57 Å². The van der Waals surface area contributed by atoms with Crippen LogP contribution in [0.2, 0.25) is 0 Å². The van der Waals surface area contributed by atoms with Gasteiger partial charge in [-0.1, -0.05) is 0 Å². The van der Waals surface area contributed by atoms with Crippen LogP contribution in [-0.2, 0) is 6.54 Å². The van der Waals surface area contributed by atoms with Crippen LogP contribution in [-0.4, -0.2) is 53.5 Å². The Morgan fingerprint density at radius 1 is 1.36 bits per heavy atom. The van der Waals surface area contributed by atoms with Crippen molar-refractivity contribution in [3.8, 4) is 0 Å². The van der Waals surface area contributed by atoms with E-state index < -0.39 is 17.2 Å². The summed E-state index contributed by atoms with van der Waals surface area (Å²) in [5.41, 5.74) is -0.255. The highest BCUT2D eigenvalue weighted by molar-refractivity contribution is 5.93. The standard InChI is InChI=1S/C17H20FN3O4/c1-3-19-10-12(17(23)24)16(22)11-8-13(18)15(9-14(11)19)20-4-6-21(2,25)7-5-20/h8-10H,3-7H2,1-2H3,(H,23,24). The largest absolute Gasteiger partial charge is 0.633 e. The number of hydrogen-bond acceptors (Lipinski definition) is 4. The lowest BCUT2D eigenvalue weighted by atomic mass is 10.1. The number of aromatic nitrogens is 1. The Labute approximate surface area is 143 Å². The fraction of sp³-hybridized carbons (Fsp3) is 0.412. The van der Waals surface area contributed by atoms with Gasteiger partial charge in [-0.2, -0.15) is 0 Å². The Hall–Kier alpha value is -2.45. The van der Waals surface area contributed by atoms with Gasteiger partial charge in [-0.05, 0) is 19.1 Å².